The van der Waals surface area contributed by atoms with Crippen LogP contribution in [0.3, 0.4) is 0 Å². The number of hydrogen-bond acceptors (Lipinski definition) is 4. The Morgan fingerprint density at radius 2 is 2.12 bits per heavy atom. The SMILES string of the molecule is CCC(C#N)S(=O)(=O)NCC1CCNCC1. The number of rotatable bonds is 5. The van der Waals surface area contributed by atoms with Crippen LogP contribution in [0, 0.1) is 17.2 Å². The van der Waals surface area contributed by atoms with E-state index in [1.165, 1.54) is 0 Å². The third kappa shape index (κ3) is 3.74. The van der Waals surface area contributed by atoms with Gasteiger partial charge in [0, 0.05) is 6.54 Å². The van der Waals surface area contributed by atoms with Crippen LogP contribution in [-0.2, 0) is 10.0 Å². The molecule has 5 nitrogen and oxygen atoms in total. The number of nitrogens with one attached hydrogen (secondary N) is 2. The summed E-state index contributed by atoms with van der Waals surface area (Å²) in [7, 11) is -3.45. The standard InChI is InChI=1S/C10H19N3O2S/c1-2-10(7-11)16(14,15)13-8-9-3-5-12-6-4-9/h9-10,12-13H,2-6,8H2,1H3. The zero-order valence-corrected chi connectivity index (χ0v) is 10.4. The molecule has 0 aromatic carbocycles. The fourth-order valence-electron chi connectivity index (χ4n) is 1.80. The summed E-state index contributed by atoms with van der Waals surface area (Å²) in [6.45, 7) is 4.06. The van der Waals surface area contributed by atoms with Gasteiger partial charge in [-0.25, -0.2) is 13.1 Å². The van der Waals surface area contributed by atoms with Gasteiger partial charge >= 0.3 is 0 Å². The molecule has 2 N–H and O–H groups in total. The smallest absolute Gasteiger partial charge is 0.227 e. The molecule has 0 bridgehead atoms. The highest BCUT2D eigenvalue weighted by atomic mass is 32.2. The van der Waals surface area contributed by atoms with Gasteiger partial charge in [0.25, 0.3) is 0 Å². The predicted octanol–water partition coefficient (Wildman–Crippen LogP) is 0.208. The third-order valence-corrected chi connectivity index (χ3v) is 4.68. The average Bonchev–Trinajstić information content (AvgIpc) is 2.29. The van der Waals surface area contributed by atoms with Gasteiger partial charge in [0.15, 0.2) is 5.25 Å². The molecule has 0 aliphatic carbocycles. The summed E-state index contributed by atoms with van der Waals surface area (Å²) < 4.78 is 25.9. The Bertz CT molecular complexity index is 342. The van der Waals surface area contributed by atoms with E-state index in [0.717, 1.165) is 25.9 Å². The van der Waals surface area contributed by atoms with Crippen molar-refractivity contribution < 1.29 is 8.42 Å². The summed E-state index contributed by atoms with van der Waals surface area (Å²) in [4.78, 5) is 0. The summed E-state index contributed by atoms with van der Waals surface area (Å²) in [5.41, 5.74) is 0. The predicted molar refractivity (Wildman–Crippen MR) is 62.2 cm³/mol. The van der Waals surface area contributed by atoms with E-state index in [1.807, 2.05) is 6.07 Å². The molecule has 1 heterocycles. The van der Waals surface area contributed by atoms with Crippen LogP contribution in [0.15, 0.2) is 0 Å². The Hall–Kier alpha value is -0.640. The van der Waals surface area contributed by atoms with E-state index in [1.54, 1.807) is 6.92 Å². The molecular formula is C10H19N3O2S. The lowest BCUT2D eigenvalue weighted by Crippen LogP contribution is -2.39. The Balaban J connectivity index is 2.44. The Labute approximate surface area is 97.3 Å². The summed E-state index contributed by atoms with van der Waals surface area (Å²) in [5, 5.41) is 11.0. The average molecular weight is 245 g/mol. The van der Waals surface area contributed by atoms with Crippen molar-refractivity contribution in [2.75, 3.05) is 19.6 Å². The topological polar surface area (TPSA) is 82.0 Å². The van der Waals surface area contributed by atoms with Gasteiger partial charge in [-0.1, -0.05) is 6.92 Å². The summed E-state index contributed by atoms with van der Waals surface area (Å²) in [6, 6.07) is 1.82. The van der Waals surface area contributed by atoms with Crippen molar-refractivity contribution in [3.05, 3.63) is 0 Å². The minimum absolute atomic E-state index is 0.331. The van der Waals surface area contributed by atoms with E-state index in [9.17, 15) is 8.42 Å². The minimum atomic E-state index is -3.45. The first-order valence-corrected chi connectivity index (χ1v) is 7.23. The monoisotopic (exact) mass is 245 g/mol. The van der Waals surface area contributed by atoms with Crippen molar-refractivity contribution in [1.29, 1.82) is 5.26 Å². The molecule has 1 fully saturated rings. The van der Waals surface area contributed by atoms with E-state index in [-0.39, 0.29) is 0 Å². The highest BCUT2D eigenvalue weighted by molar-refractivity contribution is 7.90. The lowest BCUT2D eigenvalue weighted by molar-refractivity contribution is 0.372. The van der Waals surface area contributed by atoms with Crippen LogP contribution in [-0.4, -0.2) is 33.3 Å². The van der Waals surface area contributed by atoms with Crippen molar-refractivity contribution in [3.8, 4) is 6.07 Å². The summed E-state index contributed by atoms with van der Waals surface area (Å²) in [6.07, 6.45) is 2.32. The van der Waals surface area contributed by atoms with E-state index < -0.39 is 15.3 Å². The zero-order chi connectivity index (χ0) is 12.0. The van der Waals surface area contributed by atoms with Gasteiger partial charge in [-0.05, 0) is 38.3 Å². The van der Waals surface area contributed by atoms with E-state index in [2.05, 4.69) is 10.0 Å². The van der Waals surface area contributed by atoms with Gasteiger partial charge in [0.05, 0.1) is 6.07 Å². The molecule has 6 heteroatoms. The molecule has 0 saturated carbocycles. The number of hydrogen-bond donors (Lipinski definition) is 2. The first kappa shape index (κ1) is 13.4. The molecule has 1 unspecified atom stereocenters. The fourth-order valence-corrected chi connectivity index (χ4v) is 3.05. The highest BCUT2D eigenvalue weighted by Crippen LogP contribution is 2.11. The van der Waals surface area contributed by atoms with Crippen molar-refractivity contribution in [2.45, 2.75) is 31.4 Å². The van der Waals surface area contributed by atoms with Gasteiger partial charge in [-0.2, -0.15) is 5.26 Å². The maximum Gasteiger partial charge on any atom is 0.227 e. The first-order valence-electron chi connectivity index (χ1n) is 5.69. The number of nitriles is 1. The van der Waals surface area contributed by atoms with Crippen molar-refractivity contribution in [3.63, 3.8) is 0 Å². The number of nitrogens with zero attached hydrogens (tertiary/aromatic N) is 1. The normalized spacial score (nSPS) is 20.2. The number of piperidine rings is 1. The molecule has 1 saturated heterocycles. The minimum Gasteiger partial charge on any atom is -0.317 e. The van der Waals surface area contributed by atoms with Gasteiger partial charge in [-0.15, -0.1) is 0 Å². The Morgan fingerprint density at radius 1 is 1.50 bits per heavy atom. The van der Waals surface area contributed by atoms with Crippen LogP contribution < -0.4 is 10.0 Å². The molecule has 0 amide bonds. The van der Waals surface area contributed by atoms with E-state index in [0.29, 0.717) is 18.9 Å². The van der Waals surface area contributed by atoms with Crippen molar-refractivity contribution in [1.82, 2.24) is 10.0 Å². The zero-order valence-electron chi connectivity index (χ0n) is 9.57. The molecule has 1 aliphatic heterocycles. The van der Waals surface area contributed by atoms with Crippen molar-refractivity contribution >= 4 is 10.0 Å². The molecule has 0 spiro atoms. The van der Waals surface area contributed by atoms with Gasteiger partial charge < -0.3 is 5.32 Å². The van der Waals surface area contributed by atoms with Crippen LogP contribution in [0.5, 0.6) is 0 Å². The Kier molecular flexibility index (Phi) is 5.19. The lowest BCUT2D eigenvalue weighted by atomic mass is 9.99. The summed E-state index contributed by atoms with van der Waals surface area (Å²) in [5.74, 6) is 0.396. The molecule has 92 valence electrons. The quantitative estimate of drug-likeness (QED) is 0.725. The third-order valence-electron chi connectivity index (χ3n) is 2.92. The van der Waals surface area contributed by atoms with Gasteiger partial charge in [0.1, 0.15) is 0 Å². The maximum absolute atomic E-state index is 11.7. The van der Waals surface area contributed by atoms with Crippen LogP contribution in [0.4, 0.5) is 0 Å². The largest absolute Gasteiger partial charge is 0.317 e. The molecule has 0 aromatic rings. The van der Waals surface area contributed by atoms with Gasteiger partial charge in [-0.3, -0.25) is 0 Å². The molecule has 0 aromatic heterocycles. The molecule has 1 aliphatic rings. The molecule has 1 rings (SSSR count). The second-order valence-corrected chi connectivity index (χ2v) is 6.06. The maximum atomic E-state index is 11.7. The first-order chi connectivity index (χ1) is 7.60. The second kappa shape index (κ2) is 6.18. The van der Waals surface area contributed by atoms with Crippen LogP contribution in [0.1, 0.15) is 26.2 Å². The van der Waals surface area contributed by atoms with Crippen LogP contribution >= 0.6 is 0 Å². The van der Waals surface area contributed by atoms with Crippen LogP contribution in [0.2, 0.25) is 0 Å². The van der Waals surface area contributed by atoms with Crippen LogP contribution in [0.25, 0.3) is 0 Å². The highest BCUT2D eigenvalue weighted by Gasteiger charge is 2.24. The molecule has 16 heavy (non-hydrogen) atoms. The fraction of sp³-hybridized carbons (Fsp3) is 0.900. The number of sulfonamides is 1. The second-order valence-electron chi connectivity index (χ2n) is 4.11. The van der Waals surface area contributed by atoms with E-state index >= 15 is 0 Å². The molecule has 1 atom stereocenters. The molecule has 0 radical (unpaired) electrons. The van der Waals surface area contributed by atoms with E-state index in [4.69, 9.17) is 5.26 Å². The van der Waals surface area contributed by atoms with Gasteiger partial charge in [0.2, 0.25) is 10.0 Å². The molecular weight excluding hydrogens is 226 g/mol. The summed E-state index contributed by atoms with van der Waals surface area (Å²) >= 11 is 0. The lowest BCUT2D eigenvalue weighted by Gasteiger charge is -2.23. The van der Waals surface area contributed by atoms with Crippen molar-refractivity contribution in [2.24, 2.45) is 5.92 Å². The Morgan fingerprint density at radius 3 is 2.62 bits per heavy atom.